The van der Waals surface area contributed by atoms with Crippen molar-refractivity contribution in [3.8, 4) is 0 Å². The highest BCUT2D eigenvalue weighted by Gasteiger charge is 2.34. The average Bonchev–Trinajstić information content (AvgIpc) is 2.67. The first-order valence-electron chi connectivity index (χ1n) is 5.35. The molecule has 0 amide bonds. The molecule has 2 heterocycles. The highest BCUT2D eigenvalue weighted by atomic mass is 16.5. The lowest BCUT2D eigenvalue weighted by molar-refractivity contribution is -0.136. The SMILES string of the molecule is CC1(c2nc(CC(=O)O)co2)CCCOC1. The fraction of sp³-hybridized carbons (Fsp3) is 0.636. The Kier molecular flexibility index (Phi) is 2.96. The number of carbonyl (C=O) groups is 1. The van der Waals surface area contributed by atoms with Crippen LogP contribution in [0.2, 0.25) is 0 Å². The Hall–Kier alpha value is -1.36. The van der Waals surface area contributed by atoms with E-state index in [1.165, 1.54) is 6.26 Å². The van der Waals surface area contributed by atoms with Crippen molar-refractivity contribution in [2.45, 2.75) is 31.6 Å². The van der Waals surface area contributed by atoms with Crippen LogP contribution in [-0.2, 0) is 21.4 Å². The maximum Gasteiger partial charge on any atom is 0.309 e. The third-order valence-corrected chi connectivity index (χ3v) is 2.84. The number of nitrogens with zero attached hydrogens (tertiary/aromatic N) is 1. The fourth-order valence-electron chi connectivity index (χ4n) is 1.92. The first-order valence-corrected chi connectivity index (χ1v) is 5.35. The van der Waals surface area contributed by atoms with Gasteiger partial charge in [0, 0.05) is 6.61 Å². The van der Waals surface area contributed by atoms with Gasteiger partial charge in [0.2, 0.25) is 5.89 Å². The molecule has 1 N–H and O–H groups in total. The van der Waals surface area contributed by atoms with Crippen LogP contribution in [0.25, 0.3) is 0 Å². The summed E-state index contributed by atoms with van der Waals surface area (Å²) in [6.45, 7) is 3.39. The molecule has 1 aromatic rings. The molecule has 0 aliphatic carbocycles. The summed E-state index contributed by atoms with van der Waals surface area (Å²) in [7, 11) is 0. The standard InChI is InChI=1S/C11H15NO4/c1-11(3-2-4-15-7-11)10-12-8(6-16-10)5-9(13)14/h6H,2-5,7H2,1H3,(H,13,14). The number of hydrogen-bond donors (Lipinski definition) is 1. The van der Waals surface area contributed by atoms with E-state index in [9.17, 15) is 4.79 Å². The maximum absolute atomic E-state index is 10.5. The Morgan fingerprint density at radius 3 is 3.12 bits per heavy atom. The predicted molar refractivity (Wildman–Crippen MR) is 55.2 cm³/mol. The lowest BCUT2D eigenvalue weighted by atomic mass is 9.85. The normalized spacial score (nSPS) is 25.6. The van der Waals surface area contributed by atoms with Gasteiger partial charge in [-0.15, -0.1) is 0 Å². The van der Waals surface area contributed by atoms with Gasteiger partial charge in [0.25, 0.3) is 0 Å². The van der Waals surface area contributed by atoms with Gasteiger partial charge < -0.3 is 14.3 Å². The third-order valence-electron chi connectivity index (χ3n) is 2.84. The van der Waals surface area contributed by atoms with E-state index in [0.717, 1.165) is 19.4 Å². The van der Waals surface area contributed by atoms with Gasteiger partial charge >= 0.3 is 5.97 Å². The average molecular weight is 225 g/mol. The van der Waals surface area contributed by atoms with E-state index in [-0.39, 0.29) is 11.8 Å². The number of carboxylic acids is 1. The number of aromatic nitrogens is 1. The van der Waals surface area contributed by atoms with Gasteiger partial charge in [-0.3, -0.25) is 4.79 Å². The van der Waals surface area contributed by atoms with Crippen molar-refractivity contribution in [3.63, 3.8) is 0 Å². The number of rotatable bonds is 3. The quantitative estimate of drug-likeness (QED) is 0.841. The minimum absolute atomic E-state index is 0.0968. The molecule has 1 aliphatic rings. The first kappa shape index (κ1) is 11.1. The monoisotopic (exact) mass is 225 g/mol. The Balaban J connectivity index is 2.13. The lowest BCUT2D eigenvalue weighted by Crippen LogP contribution is -2.33. The Morgan fingerprint density at radius 1 is 1.69 bits per heavy atom. The number of hydrogen-bond acceptors (Lipinski definition) is 4. The molecule has 0 aromatic carbocycles. The summed E-state index contributed by atoms with van der Waals surface area (Å²) in [6.07, 6.45) is 3.26. The van der Waals surface area contributed by atoms with Crippen LogP contribution >= 0.6 is 0 Å². The van der Waals surface area contributed by atoms with Crippen molar-refractivity contribution in [1.82, 2.24) is 4.98 Å². The van der Waals surface area contributed by atoms with Crippen molar-refractivity contribution >= 4 is 5.97 Å². The summed E-state index contributed by atoms with van der Waals surface area (Å²) >= 11 is 0. The molecule has 0 spiro atoms. The summed E-state index contributed by atoms with van der Waals surface area (Å²) in [5.74, 6) is -0.312. The van der Waals surface area contributed by atoms with Crippen molar-refractivity contribution in [3.05, 3.63) is 17.8 Å². The minimum Gasteiger partial charge on any atom is -0.481 e. The molecule has 0 radical (unpaired) electrons. The molecular weight excluding hydrogens is 210 g/mol. The molecule has 16 heavy (non-hydrogen) atoms. The molecule has 2 rings (SSSR count). The van der Waals surface area contributed by atoms with Gasteiger partial charge in [-0.2, -0.15) is 0 Å². The molecule has 1 aliphatic heterocycles. The Morgan fingerprint density at radius 2 is 2.50 bits per heavy atom. The van der Waals surface area contributed by atoms with Gasteiger partial charge in [-0.25, -0.2) is 4.98 Å². The van der Waals surface area contributed by atoms with E-state index >= 15 is 0 Å². The highest BCUT2D eigenvalue weighted by molar-refractivity contribution is 5.69. The summed E-state index contributed by atoms with van der Waals surface area (Å²) in [6, 6.07) is 0. The van der Waals surface area contributed by atoms with Gasteiger partial charge in [-0.1, -0.05) is 0 Å². The molecule has 0 saturated carbocycles. The summed E-state index contributed by atoms with van der Waals surface area (Å²) in [4.78, 5) is 14.7. The molecule has 1 saturated heterocycles. The fourth-order valence-corrected chi connectivity index (χ4v) is 1.92. The van der Waals surface area contributed by atoms with Crippen LogP contribution in [0.1, 0.15) is 31.4 Å². The van der Waals surface area contributed by atoms with Gasteiger partial charge in [0.1, 0.15) is 6.26 Å². The van der Waals surface area contributed by atoms with Crippen LogP contribution in [0, 0.1) is 0 Å². The second-order valence-electron chi connectivity index (χ2n) is 4.43. The second kappa shape index (κ2) is 4.25. The van der Waals surface area contributed by atoms with E-state index in [1.54, 1.807) is 0 Å². The molecule has 88 valence electrons. The van der Waals surface area contributed by atoms with E-state index in [2.05, 4.69) is 4.98 Å². The second-order valence-corrected chi connectivity index (χ2v) is 4.43. The maximum atomic E-state index is 10.5. The Bertz CT molecular complexity index is 379. The molecule has 1 unspecified atom stereocenters. The highest BCUT2D eigenvalue weighted by Crippen LogP contribution is 2.31. The van der Waals surface area contributed by atoms with Crippen molar-refractivity contribution in [1.29, 1.82) is 0 Å². The van der Waals surface area contributed by atoms with Crippen LogP contribution in [0.5, 0.6) is 0 Å². The smallest absolute Gasteiger partial charge is 0.309 e. The molecular formula is C11H15NO4. The van der Waals surface area contributed by atoms with Gasteiger partial charge in [0.15, 0.2) is 0 Å². The van der Waals surface area contributed by atoms with E-state index in [0.29, 0.717) is 18.2 Å². The molecule has 0 bridgehead atoms. The predicted octanol–water partition coefficient (Wildman–Crippen LogP) is 1.37. The van der Waals surface area contributed by atoms with Crippen LogP contribution < -0.4 is 0 Å². The number of aliphatic carboxylic acids is 1. The lowest BCUT2D eigenvalue weighted by Gasteiger charge is -2.30. The molecule has 5 heteroatoms. The van der Waals surface area contributed by atoms with E-state index in [4.69, 9.17) is 14.3 Å². The van der Waals surface area contributed by atoms with Gasteiger partial charge in [-0.05, 0) is 19.8 Å². The van der Waals surface area contributed by atoms with E-state index < -0.39 is 5.97 Å². The number of carboxylic acid groups (broad SMARTS) is 1. The molecule has 1 atom stereocenters. The molecule has 5 nitrogen and oxygen atoms in total. The molecule has 1 aromatic heterocycles. The zero-order valence-corrected chi connectivity index (χ0v) is 9.23. The van der Waals surface area contributed by atoms with Crippen molar-refractivity contribution < 1.29 is 19.1 Å². The third kappa shape index (κ3) is 2.24. The van der Waals surface area contributed by atoms with Crippen LogP contribution in [0.3, 0.4) is 0 Å². The molecule has 1 fully saturated rings. The zero-order valence-electron chi connectivity index (χ0n) is 9.23. The van der Waals surface area contributed by atoms with Crippen LogP contribution in [0.15, 0.2) is 10.7 Å². The van der Waals surface area contributed by atoms with Crippen LogP contribution in [-0.4, -0.2) is 29.3 Å². The van der Waals surface area contributed by atoms with Crippen LogP contribution in [0.4, 0.5) is 0 Å². The summed E-state index contributed by atoms with van der Waals surface area (Å²) in [5, 5.41) is 8.64. The number of oxazole rings is 1. The zero-order chi connectivity index (χ0) is 11.6. The van der Waals surface area contributed by atoms with E-state index in [1.807, 2.05) is 6.92 Å². The summed E-state index contributed by atoms with van der Waals surface area (Å²) in [5.41, 5.74) is 0.254. The van der Waals surface area contributed by atoms with Gasteiger partial charge in [0.05, 0.1) is 24.1 Å². The first-order chi connectivity index (χ1) is 7.60. The van der Waals surface area contributed by atoms with Crippen molar-refractivity contribution in [2.75, 3.05) is 13.2 Å². The Labute approximate surface area is 93.4 Å². The topological polar surface area (TPSA) is 72.6 Å². The van der Waals surface area contributed by atoms with Crippen molar-refractivity contribution in [2.24, 2.45) is 0 Å². The minimum atomic E-state index is -0.898. The largest absolute Gasteiger partial charge is 0.481 e. The summed E-state index contributed by atoms with van der Waals surface area (Å²) < 4.78 is 10.8. The number of ether oxygens (including phenoxy) is 1.